The van der Waals surface area contributed by atoms with E-state index in [4.69, 9.17) is 0 Å². The maximum absolute atomic E-state index is 10.9. The molecular formula is C8H11AlO2. The number of allylic oxidation sites excluding steroid dienone is 2. The Morgan fingerprint density at radius 3 is 2.27 bits per heavy atom. The Hall–Kier alpha value is -0.648. The lowest BCUT2D eigenvalue weighted by molar-refractivity contribution is -0.113. The molecule has 2 nitrogen and oxygen atoms in total. The summed E-state index contributed by atoms with van der Waals surface area (Å²) < 4.78 is 0.0419. The lowest BCUT2D eigenvalue weighted by Gasteiger charge is -1.96. The van der Waals surface area contributed by atoms with Gasteiger partial charge in [0, 0.05) is 0 Å². The van der Waals surface area contributed by atoms with E-state index in [1.165, 1.54) is 12.2 Å². The van der Waals surface area contributed by atoms with E-state index in [1.807, 2.05) is 5.79 Å². The van der Waals surface area contributed by atoms with Gasteiger partial charge in [-0.25, -0.2) is 0 Å². The van der Waals surface area contributed by atoms with Crippen molar-refractivity contribution in [2.24, 2.45) is 0 Å². The minimum Gasteiger partial charge on any atom is -0.316 e. The predicted molar refractivity (Wildman–Crippen MR) is 46.8 cm³/mol. The van der Waals surface area contributed by atoms with Gasteiger partial charge in [0.1, 0.15) is 5.78 Å². The number of carbonyl (C=O) groups is 2. The van der Waals surface area contributed by atoms with Gasteiger partial charge in [-0.3, -0.25) is 4.79 Å². The van der Waals surface area contributed by atoms with E-state index >= 15 is 0 Å². The second kappa shape index (κ2) is 5.06. The summed E-state index contributed by atoms with van der Waals surface area (Å²) in [6, 6.07) is 0. The van der Waals surface area contributed by atoms with E-state index in [0.717, 1.165) is 0 Å². The molecule has 11 heavy (non-hydrogen) atoms. The number of rotatable bonds is 5. The second-order valence-corrected chi connectivity index (χ2v) is 5.16. The molecule has 0 fully saturated rings. The Kier molecular flexibility index (Phi) is 4.76. The number of carbonyl (C=O) groups excluding carboxylic acids is 2. The summed E-state index contributed by atoms with van der Waals surface area (Å²) in [5.74, 6) is 1.80. The summed E-state index contributed by atoms with van der Waals surface area (Å²) in [7, 11) is 0. The lowest BCUT2D eigenvalue weighted by Crippen LogP contribution is -2.22. The first-order valence-electron chi connectivity index (χ1n) is 3.43. The molecule has 0 atom stereocenters. The molecule has 0 N–H and O–H groups in total. The van der Waals surface area contributed by atoms with Gasteiger partial charge in [0.25, 0.3) is 0 Å². The van der Waals surface area contributed by atoms with E-state index in [2.05, 4.69) is 13.2 Å². The first-order chi connectivity index (χ1) is 5.11. The third-order valence-electron chi connectivity index (χ3n) is 1.42. The summed E-state index contributed by atoms with van der Waals surface area (Å²) in [5, 5.41) is 0.369. The maximum Gasteiger partial charge on any atom is 0.377 e. The van der Waals surface area contributed by atoms with Gasteiger partial charge in [-0.15, -0.1) is 0 Å². The lowest BCUT2D eigenvalue weighted by atomic mass is 10.4. The van der Waals surface area contributed by atoms with Gasteiger partial charge in [0.05, 0.1) is 4.65 Å². The molecule has 0 aliphatic rings. The zero-order valence-electron chi connectivity index (χ0n) is 6.67. The van der Waals surface area contributed by atoms with Crippen LogP contribution in [0.1, 0.15) is 0 Å². The maximum atomic E-state index is 10.9. The van der Waals surface area contributed by atoms with Gasteiger partial charge < -0.3 is 4.79 Å². The smallest absolute Gasteiger partial charge is 0.316 e. The summed E-state index contributed by atoms with van der Waals surface area (Å²) in [4.78, 5) is 21.7. The molecule has 0 bridgehead atoms. The molecule has 0 amide bonds. The molecule has 0 saturated carbocycles. The number of hydrogen-bond donors (Lipinski definition) is 0. The molecule has 0 rings (SSSR count). The normalized spacial score (nSPS) is 8.45. The van der Waals surface area contributed by atoms with Crippen LogP contribution in [0.25, 0.3) is 0 Å². The third-order valence-corrected chi connectivity index (χ3v) is 3.64. The SMILES string of the molecule is C=CC(=O)[CH2][Al]([CH3])[C](=O)C=C. The summed E-state index contributed by atoms with van der Waals surface area (Å²) in [6.07, 6.45) is 2.56. The highest BCUT2D eigenvalue weighted by Gasteiger charge is 2.20. The Bertz CT molecular complexity index is 196. The zero-order valence-corrected chi connectivity index (χ0v) is 7.82. The van der Waals surface area contributed by atoms with E-state index in [-0.39, 0.29) is 10.4 Å². The van der Waals surface area contributed by atoms with Crippen LogP contribution in [0, 0.1) is 0 Å². The average Bonchev–Trinajstić information content (AvgIpc) is 2.02. The van der Waals surface area contributed by atoms with Crippen LogP contribution >= 0.6 is 0 Å². The molecule has 0 unspecified atom stereocenters. The van der Waals surface area contributed by atoms with Crippen LogP contribution < -0.4 is 0 Å². The molecule has 0 aliphatic carbocycles. The van der Waals surface area contributed by atoms with Crippen molar-refractivity contribution in [3.63, 3.8) is 0 Å². The topological polar surface area (TPSA) is 34.1 Å². The fourth-order valence-electron chi connectivity index (χ4n) is 0.687. The van der Waals surface area contributed by atoms with Gasteiger partial charge in [-0.05, 0) is 17.4 Å². The van der Waals surface area contributed by atoms with Crippen LogP contribution in [-0.2, 0) is 9.59 Å². The molecule has 0 aromatic heterocycles. The Labute approximate surface area is 71.0 Å². The molecule has 0 heterocycles. The van der Waals surface area contributed by atoms with Crippen molar-refractivity contribution in [1.82, 2.24) is 0 Å². The molecule has 0 aromatic carbocycles. The monoisotopic (exact) mass is 166 g/mol. The predicted octanol–water partition coefficient (Wildman–Crippen LogP) is 1.16. The molecule has 0 aliphatic heterocycles. The summed E-state index contributed by atoms with van der Waals surface area (Å²) in [6.45, 7) is 6.70. The third kappa shape index (κ3) is 3.92. The second-order valence-electron chi connectivity index (χ2n) is 2.38. The van der Waals surface area contributed by atoms with Gasteiger partial charge in [-0.1, -0.05) is 18.9 Å². The molecule has 0 aromatic rings. The Balaban J connectivity index is 3.95. The van der Waals surface area contributed by atoms with Crippen molar-refractivity contribution < 1.29 is 9.59 Å². The van der Waals surface area contributed by atoms with Crippen LogP contribution in [-0.4, -0.2) is 24.6 Å². The van der Waals surface area contributed by atoms with Gasteiger partial charge in [-0.2, -0.15) is 0 Å². The number of hydrogen-bond acceptors (Lipinski definition) is 2. The van der Waals surface area contributed by atoms with Crippen molar-refractivity contribution in [2.75, 3.05) is 0 Å². The van der Waals surface area contributed by atoms with Gasteiger partial charge in [0.15, 0.2) is 0 Å². The van der Waals surface area contributed by atoms with E-state index < -0.39 is 14.1 Å². The van der Waals surface area contributed by atoms with Crippen LogP contribution in [0.4, 0.5) is 0 Å². The van der Waals surface area contributed by atoms with E-state index in [9.17, 15) is 9.59 Å². The average molecular weight is 166 g/mol. The Morgan fingerprint density at radius 1 is 1.36 bits per heavy atom. The van der Waals surface area contributed by atoms with Crippen molar-refractivity contribution in [2.45, 2.75) is 11.1 Å². The van der Waals surface area contributed by atoms with Crippen molar-refractivity contribution in [1.29, 1.82) is 0 Å². The minimum absolute atomic E-state index is 0.0419. The number of ketones is 1. The van der Waals surface area contributed by atoms with Crippen molar-refractivity contribution in [3.05, 3.63) is 25.3 Å². The quantitative estimate of drug-likeness (QED) is 0.453. The first-order valence-corrected chi connectivity index (χ1v) is 5.98. The highest BCUT2D eigenvalue weighted by Crippen LogP contribution is 1.96. The van der Waals surface area contributed by atoms with Crippen LogP contribution in [0.5, 0.6) is 0 Å². The van der Waals surface area contributed by atoms with E-state index in [0.29, 0.717) is 5.28 Å². The molecule has 58 valence electrons. The highest BCUT2D eigenvalue weighted by molar-refractivity contribution is 6.92. The molecule has 3 heteroatoms. The van der Waals surface area contributed by atoms with Crippen molar-refractivity contribution >= 4 is 24.6 Å². The summed E-state index contributed by atoms with van der Waals surface area (Å²) >= 11 is -1.55. The van der Waals surface area contributed by atoms with E-state index in [1.54, 1.807) is 0 Å². The minimum atomic E-state index is -1.55. The molecule has 0 spiro atoms. The van der Waals surface area contributed by atoms with Gasteiger partial charge >= 0.3 is 14.1 Å². The van der Waals surface area contributed by atoms with Crippen LogP contribution in [0.15, 0.2) is 25.3 Å². The molecule has 0 saturated heterocycles. The largest absolute Gasteiger partial charge is 0.377 e. The fraction of sp³-hybridized carbons (Fsp3) is 0.250. The Morgan fingerprint density at radius 2 is 1.91 bits per heavy atom. The van der Waals surface area contributed by atoms with Crippen molar-refractivity contribution in [3.8, 4) is 0 Å². The standard InChI is InChI=1S/C4H5O.C3H3O.CH3.Al/c1-3-4(2)5;1-2-3-4;;/h3H,1-2H2;2H,1H2;1H3;. The summed E-state index contributed by atoms with van der Waals surface area (Å²) in [5.41, 5.74) is 0. The first kappa shape index (κ1) is 10.4. The highest BCUT2D eigenvalue weighted by atomic mass is 27.2. The zero-order chi connectivity index (χ0) is 8.85. The van der Waals surface area contributed by atoms with Crippen LogP contribution in [0.2, 0.25) is 11.1 Å². The molecule has 0 radical (unpaired) electrons. The fourth-order valence-corrected chi connectivity index (χ4v) is 2.06. The molecular weight excluding hydrogens is 155 g/mol. The van der Waals surface area contributed by atoms with Gasteiger partial charge in [0.2, 0.25) is 0 Å². The van der Waals surface area contributed by atoms with Crippen LogP contribution in [0.3, 0.4) is 0 Å².